The van der Waals surface area contributed by atoms with Crippen molar-refractivity contribution in [2.45, 2.75) is 6.92 Å². The Morgan fingerprint density at radius 1 is 1.30 bits per heavy atom. The number of rotatable bonds is 0. The van der Waals surface area contributed by atoms with E-state index in [-0.39, 0.29) is 4.47 Å². The molecule has 0 aliphatic heterocycles. The van der Waals surface area contributed by atoms with Crippen molar-refractivity contribution in [1.82, 2.24) is 0 Å². The van der Waals surface area contributed by atoms with Crippen LogP contribution in [0.25, 0.3) is 0 Å². The molecule has 3 heteroatoms. The van der Waals surface area contributed by atoms with Gasteiger partial charge in [-0.1, -0.05) is 0 Å². The minimum absolute atomic E-state index is 0.171. The predicted molar refractivity (Wildman–Crippen MR) is 38.8 cm³/mol. The Hall–Kier alpha value is -0.440. The van der Waals surface area contributed by atoms with Crippen LogP contribution in [0.4, 0.5) is 8.78 Å². The number of aryl methyl sites for hydroxylation is 1. The molecule has 0 bridgehead atoms. The summed E-state index contributed by atoms with van der Waals surface area (Å²) >= 11 is 2.88. The highest BCUT2D eigenvalue weighted by Crippen LogP contribution is 2.19. The monoisotopic (exact) mass is 206 g/mol. The summed E-state index contributed by atoms with van der Waals surface area (Å²) in [4.78, 5) is 0. The molecule has 0 aliphatic carbocycles. The molecule has 54 valence electrons. The van der Waals surface area contributed by atoms with E-state index in [1.165, 1.54) is 6.92 Å². The van der Waals surface area contributed by atoms with Crippen LogP contribution in [-0.2, 0) is 0 Å². The van der Waals surface area contributed by atoms with Gasteiger partial charge in [-0.25, -0.2) is 8.78 Å². The zero-order valence-corrected chi connectivity index (χ0v) is 6.87. The second-order valence-electron chi connectivity index (χ2n) is 2.02. The Bertz CT molecular complexity index is 235. The molecule has 0 aliphatic rings. The lowest BCUT2D eigenvalue weighted by molar-refractivity contribution is 0.586. The number of hydrogen-bond acceptors (Lipinski definition) is 0. The van der Waals surface area contributed by atoms with Crippen molar-refractivity contribution in [2.24, 2.45) is 0 Å². The summed E-state index contributed by atoms with van der Waals surface area (Å²) in [6.45, 7) is 1.52. The highest BCUT2D eigenvalue weighted by atomic mass is 79.9. The van der Waals surface area contributed by atoms with Gasteiger partial charge in [-0.3, -0.25) is 0 Å². The average Bonchev–Trinajstić information content (AvgIpc) is 1.82. The van der Waals surface area contributed by atoms with Crippen molar-refractivity contribution >= 4 is 15.9 Å². The third-order valence-corrected chi connectivity index (χ3v) is 1.75. The number of benzene rings is 1. The van der Waals surface area contributed by atoms with Gasteiger partial charge in [-0.15, -0.1) is 0 Å². The molecule has 1 rings (SSSR count). The van der Waals surface area contributed by atoms with Gasteiger partial charge in [-0.2, -0.15) is 0 Å². The summed E-state index contributed by atoms with van der Waals surface area (Å²) in [6.07, 6.45) is 0. The van der Waals surface area contributed by atoms with E-state index in [1.807, 2.05) is 0 Å². The van der Waals surface area contributed by atoms with E-state index < -0.39 is 11.6 Å². The Labute approximate surface area is 66.0 Å². The van der Waals surface area contributed by atoms with Gasteiger partial charge in [0.25, 0.3) is 0 Å². The van der Waals surface area contributed by atoms with Crippen LogP contribution in [0.2, 0.25) is 0 Å². The molecule has 0 saturated heterocycles. The van der Waals surface area contributed by atoms with Crippen molar-refractivity contribution in [1.29, 1.82) is 0 Å². The van der Waals surface area contributed by atoms with E-state index in [2.05, 4.69) is 15.9 Å². The fraction of sp³-hybridized carbons (Fsp3) is 0.143. The highest BCUT2D eigenvalue weighted by Gasteiger charge is 2.03. The first kappa shape index (κ1) is 7.66. The third-order valence-electron chi connectivity index (χ3n) is 1.17. The Balaban J connectivity index is 3.31. The number of halogens is 3. The lowest BCUT2D eigenvalue weighted by atomic mass is 10.2. The highest BCUT2D eigenvalue weighted by molar-refractivity contribution is 9.10. The van der Waals surface area contributed by atoms with Crippen molar-refractivity contribution in [3.05, 3.63) is 33.8 Å². The maximum Gasteiger partial charge on any atom is 0.140 e. The van der Waals surface area contributed by atoms with E-state index in [0.717, 1.165) is 12.1 Å². The lowest BCUT2D eigenvalue weighted by Gasteiger charge is -1.97. The van der Waals surface area contributed by atoms with Gasteiger partial charge in [0.15, 0.2) is 0 Å². The summed E-state index contributed by atoms with van der Waals surface area (Å²) in [7, 11) is 0. The van der Waals surface area contributed by atoms with Crippen LogP contribution in [0.15, 0.2) is 16.6 Å². The van der Waals surface area contributed by atoms with Crippen molar-refractivity contribution in [2.75, 3.05) is 0 Å². The van der Waals surface area contributed by atoms with E-state index in [0.29, 0.717) is 5.56 Å². The topological polar surface area (TPSA) is 0 Å². The predicted octanol–water partition coefficient (Wildman–Crippen LogP) is 3.04. The molecule has 0 aromatic heterocycles. The summed E-state index contributed by atoms with van der Waals surface area (Å²) in [5.41, 5.74) is 0.312. The Kier molecular flexibility index (Phi) is 2.04. The lowest BCUT2D eigenvalue weighted by Crippen LogP contribution is -1.85. The Morgan fingerprint density at radius 2 is 1.90 bits per heavy atom. The molecule has 0 atom stereocenters. The number of hydrogen-bond donors (Lipinski definition) is 0. The standard InChI is InChI=1S/C7H5BrF2/c1-4-2-5(9)3-6(8)7(4)10/h2-3H,1H3. The van der Waals surface area contributed by atoms with E-state index in [4.69, 9.17) is 0 Å². The van der Waals surface area contributed by atoms with Crippen LogP contribution in [0, 0.1) is 18.6 Å². The molecule has 0 unspecified atom stereocenters. The van der Waals surface area contributed by atoms with E-state index in [9.17, 15) is 8.78 Å². The quantitative estimate of drug-likeness (QED) is 0.573. The largest absolute Gasteiger partial charge is 0.207 e. The molecular weight excluding hydrogens is 202 g/mol. The van der Waals surface area contributed by atoms with Gasteiger partial charge in [0.1, 0.15) is 11.6 Å². The molecule has 1 aromatic rings. The summed E-state index contributed by atoms with van der Waals surface area (Å²) in [5.74, 6) is -0.827. The van der Waals surface area contributed by atoms with Gasteiger partial charge in [0, 0.05) is 0 Å². The minimum atomic E-state index is -0.425. The Morgan fingerprint density at radius 3 is 2.40 bits per heavy atom. The van der Waals surface area contributed by atoms with Crippen LogP contribution >= 0.6 is 15.9 Å². The molecular formula is C7H5BrF2. The zero-order chi connectivity index (χ0) is 7.72. The van der Waals surface area contributed by atoms with Crippen molar-refractivity contribution < 1.29 is 8.78 Å². The van der Waals surface area contributed by atoms with E-state index in [1.54, 1.807) is 0 Å². The van der Waals surface area contributed by atoms with Crippen LogP contribution in [-0.4, -0.2) is 0 Å². The molecule has 0 spiro atoms. The van der Waals surface area contributed by atoms with Crippen LogP contribution < -0.4 is 0 Å². The molecule has 1 aromatic carbocycles. The maximum atomic E-state index is 12.7. The van der Waals surface area contributed by atoms with Gasteiger partial charge < -0.3 is 0 Å². The molecule has 0 heterocycles. The van der Waals surface area contributed by atoms with Gasteiger partial charge in [0.05, 0.1) is 4.47 Å². The molecule has 0 nitrogen and oxygen atoms in total. The minimum Gasteiger partial charge on any atom is -0.207 e. The SMILES string of the molecule is Cc1cc(F)cc(Br)c1F. The van der Waals surface area contributed by atoms with Crippen LogP contribution in [0.5, 0.6) is 0 Å². The first-order valence-electron chi connectivity index (χ1n) is 2.72. The van der Waals surface area contributed by atoms with Gasteiger partial charge in [-0.05, 0) is 40.5 Å². The molecule has 0 saturated carbocycles. The fourth-order valence-corrected chi connectivity index (χ4v) is 1.22. The zero-order valence-electron chi connectivity index (χ0n) is 5.29. The van der Waals surface area contributed by atoms with Crippen molar-refractivity contribution in [3.8, 4) is 0 Å². The molecule has 0 N–H and O–H groups in total. The summed E-state index contributed by atoms with van der Waals surface area (Å²) in [5, 5.41) is 0. The molecule has 0 radical (unpaired) electrons. The molecule has 0 amide bonds. The average molecular weight is 207 g/mol. The second kappa shape index (κ2) is 2.66. The molecule has 0 fully saturated rings. The summed E-state index contributed by atoms with van der Waals surface area (Å²) in [6, 6.07) is 2.25. The maximum absolute atomic E-state index is 12.7. The normalized spacial score (nSPS) is 10.0. The first-order valence-corrected chi connectivity index (χ1v) is 3.51. The van der Waals surface area contributed by atoms with Gasteiger partial charge >= 0.3 is 0 Å². The van der Waals surface area contributed by atoms with Crippen LogP contribution in [0.1, 0.15) is 5.56 Å². The van der Waals surface area contributed by atoms with E-state index >= 15 is 0 Å². The van der Waals surface area contributed by atoms with Gasteiger partial charge in [0.2, 0.25) is 0 Å². The summed E-state index contributed by atoms with van der Waals surface area (Å²) < 4.78 is 25.3. The molecule has 10 heavy (non-hydrogen) atoms. The van der Waals surface area contributed by atoms with Crippen molar-refractivity contribution in [3.63, 3.8) is 0 Å². The van der Waals surface area contributed by atoms with Crippen LogP contribution in [0.3, 0.4) is 0 Å². The fourth-order valence-electron chi connectivity index (χ4n) is 0.685. The smallest absolute Gasteiger partial charge is 0.140 e. The third kappa shape index (κ3) is 1.34. The second-order valence-corrected chi connectivity index (χ2v) is 2.87. The first-order chi connectivity index (χ1) is 4.61.